The molecule has 0 aromatic heterocycles. The smallest absolute Gasteiger partial charge is 0.280 e. The van der Waals surface area contributed by atoms with Crippen molar-refractivity contribution in [2.45, 2.75) is 31.3 Å². The summed E-state index contributed by atoms with van der Waals surface area (Å²) in [4.78, 5) is 0. The lowest BCUT2D eigenvalue weighted by molar-refractivity contribution is -0.241. The molecule has 12 heavy (non-hydrogen) atoms. The van der Waals surface area contributed by atoms with Crippen LogP contribution in [0.5, 0.6) is 0 Å². The summed E-state index contributed by atoms with van der Waals surface area (Å²) in [6.45, 7) is 2.11. The standard InChI is InChI=1S/C5H7F5OP/c1-3(2)12(11)5(9,10)4(6,7)8/h3H,1-2H3. The van der Waals surface area contributed by atoms with Crippen molar-refractivity contribution in [1.29, 1.82) is 0 Å². The van der Waals surface area contributed by atoms with Gasteiger partial charge in [0.2, 0.25) is 0 Å². The second-order valence-electron chi connectivity index (χ2n) is 2.46. The minimum atomic E-state index is -5.72. The lowest BCUT2D eigenvalue weighted by Crippen LogP contribution is -2.34. The molecule has 0 N–H and O–H groups in total. The lowest BCUT2D eigenvalue weighted by atomic mass is 10.6. The third-order valence-electron chi connectivity index (χ3n) is 1.09. The molecule has 1 radical (unpaired) electrons. The van der Waals surface area contributed by atoms with Gasteiger partial charge in [-0.3, -0.25) is 4.57 Å². The number of rotatable bonds is 2. The average molecular weight is 209 g/mol. The molecule has 73 valence electrons. The van der Waals surface area contributed by atoms with Crippen molar-refractivity contribution in [2.24, 2.45) is 0 Å². The van der Waals surface area contributed by atoms with Crippen LogP contribution in [0.4, 0.5) is 22.0 Å². The Balaban J connectivity index is 4.74. The van der Waals surface area contributed by atoms with Gasteiger partial charge in [-0.2, -0.15) is 22.0 Å². The van der Waals surface area contributed by atoms with Crippen molar-refractivity contribution in [2.75, 3.05) is 0 Å². The van der Waals surface area contributed by atoms with Crippen LogP contribution >= 0.6 is 7.80 Å². The van der Waals surface area contributed by atoms with Gasteiger partial charge in [0, 0.05) is 5.66 Å². The molecular formula is C5H7F5OP. The second kappa shape index (κ2) is 3.24. The van der Waals surface area contributed by atoms with Gasteiger partial charge in [0.25, 0.3) is 0 Å². The summed E-state index contributed by atoms with van der Waals surface area (Å²) in [6, 6.07) is 0. The van der Waals surface area contributed by atoms with E-state index in [4.69, 9.17) is 0 Å². The van der Waals surface area contributed by atoms with Crippen molar-refractivity contribution < 1.29 is 26.5 Å². The van der Waals surface area contributed by atoms with Gasteiger partial charge < -0.3 is 0 Å². The first-order valence-corrected chi connectivity index (χ1v) is 4.34. The summed E-state index contributed by atoms with van der Waals surface area (Å²) < 4.78 is 69.4. The molecule has 0 bridgehead atoms. The number of hydrogen-bond donors (Lipinski definition) is 0. The molecule has 7 heteroatoms. The zero-order valence-corrected chi connectivity index (χ0v) is 7.22. The Morgan fingerprint density at radius 1 is 1.08 bits per heavy atom. The molecular weight excluding hydrogens is 202 g/mol. The predicted molar refractivity (Wildman–Crippen MR) is 33.7 cm³/mol. The third kappa shape index (κ3) is 2.12. The maximum atomic E-state index is 12.2. The highest BCUT2D eigenvalue weighted by Gasteiger charge is 2.62. The highest BCUT2D eigenvalue weighted by atomic mass is 31.1. The second-order valence-corrected chi connectivity index (χ2v) is 4.70. The quantitative estimate of drug-likeness (QED) is 0.503. The summed E-state index contributed by atoms with van der Waals surface area (Å²) in [6.07, 6.45) is -5.72. The number of halogens is 5. The van der Waals surface area contributed by atoms with E-state index in [-0.39, 0.29) is 0 Å². The molecule has 1 nitrogen and oxygen atoms in total. The minimum absolute atomic E-state index is 1.05. The Morgan fingerprint density at radius 3 is 1.50 bits per heavy atom. The highest BCUT2D eigenvalue weighted by molar-refractivity contribution is 7.46. The molecule has 0 aliphatic rings. The Hall–Kier alpha value is -0.250. The number of alkyl halides is 5. The lowest BCUT2D eigenvalue weighted by Gasteiger charge is -2.19. The third-order valence-corrected chi connectivity index (χ3v) is 2.83. The Labute approximate surface area is 66.7 Å². The average Bonchev–Trinajstić information content (AvgIpc) is 1.83. The van der Waals surface area contributed by atoms with Gasteiger partial charge in [0.15, 0.2) is 7.80 Å². The predicted octanol–water partition coefficient (Wildman–Crippen LogP) is 3.38. The van der Waals surface area contributed by atoms with Gasteiger partial charge in [-0.05, 0) is 0 Å². The maximum Gasteiger partial charge on any atom is 0.464 e. The fourth-order valence-corrected chi connectivity index (χ4v) is 1.35. The van der Waals surface area contributed by atoms with E-state index >= 15 is 0 Å². The zero-order chi connectivity index (χ0) is 10.2. The van der Waals surface area contributed by atoms with Crippen LogP contribution in [0.15, 0.2) is 0 Å². The van der Waals surface area contributed by atoms with Gasteiger partial charge in [-0.15, -0.1) is 0 Å². The van der Waals surface area contributed by atoms with Gasteiger partial charge in [0.05, 0.1) is 0 Å². The molecule has 1 atom stereocenters. The maximum absolute atomic E-state index is 12.2. The largest absolute Gasteiger partial charge is 0.464 e. The van der Waals surface area contributed by atoms with Crippen LogP contribution in [0.3, 0.4) is 0 Å². The van der Waals surface area contributed by atoms with Crippen LogP contribution in [0.25, 0.3) is 0 Å². The molecule has 0 rings (SSSR count). The number of hydrogen-bond acceptors (Lipinski definition) is 1. The van der Waals surface area contributed by atoms with Crippen LogP contribution in [-0.4, -0.2) is 17.5 Å². The van der Waals surface area contributed by atoms with E-state index < -0.39 is 25.3 Å². The van der Waals surface area contributed by atoms with Crippen LogP contribution < -0.4 is 0 Å². The van der Waals surface area contributed by atoms with Crippen molar-refractivity contribution >= 4 is 7.80 Å². The molecule has 0 spiro atoms. The Kier molecular flexibility index (Phi) is 3.18. The van der Waals surface area contributed by atoms with Crippen LogP contribution in [0.1, 0.15) is 13.8 Å². The first-order valence-electron chi connectivity index (χ1n) is 3.01. The molecule has 0 aliphatic carbocycles. The SMILES string of the molecule is CC(C)[P](=O)C(F)(F)C(F)(F)F. The van der Waals surface area contributed by atoms with Gasteiger partial charge in [-0.1, -0.05) is 13.8 Å². The normalized spacial score (nSPS) is 15.2. The van der Waals surface area contributed by atoms with Crippen molar-refractivity contribution in [1.82, 2.24) is 0 Å². The van der Waals surface area contributed by atoms with E-state index in [2.05, 4.69) is 0 Å². The summed E-state index contributed by atoms with van der Waals surface area (Å²) in [7, 11) is -3.58. The fourth-order valence-electron chi connectivity index (χ4n) is 0.449. The molecule has 0 amide bonds. The molecule has 0 fully saturated rings. The highest BCUT2D eigenvalue weighted by Crippen LogP contribution is 2.54. The van der Waals surface area contributed by atoms with E-state index in [1.54, 1.807) is 0 Å². The zero-order valence-electron chi connectivity index (χ0n) is 6.32. The van der Waals surface area contributed by atoms with Crippen molar-refractivity contribution in [3.63, 3.8) is 0 Å². The van der Waals surface area contributed by atoms with Crippen LogP contribution in [0.2, 0.25) is 0 Å². The van der Waals surface area contributed by atoms with Crippen LogP contribution in [-0.2, 0) is 4.57 Å². The van der Waals surface area contributed by atoms with Gasteiger partial charge in [0.1, 0.15) is 0 Å². The summed E-state index contributed by atoms with van der Waals surface area (Å²) in [5, 5.41) is 0. The van der Waals surface area contributed by atoms with Crippen LogP contribution in [0, 0.1) is 0 Å². The Bertz CT molecular complexity index is 185. The first kappa shape index (κ1) is 11.8. The van der Waals surface area contributed by atoms with E-state index in [9.17, 15) is 26.5 Å². The van der Waals surface area contributed by atoms with Crippen molar-refractivity contribution in [3.05, 3.63) is 0 Å². The molecule has 0 aromatic carbocycles. The summed E-state index contributed by atoms with van der Waals surface area (Å²) in [5.41, 5.74) is -6.26. The molecule has 0 saturated carbocycles. The minimum Gasteiger partial charge on any atom is -0.280 e. The monoisotopic (exact) mass is 209 g/mol. The van der Waals surface area contributed by atoms with Gasteiger partial charge in [-0.25, -0.2) is 0 Å². The summed E-state index contributed by atoms with van der Waals surface area (Å²) in [5.74, 6) is 0. The fraction of sp³-hybridized carbons (Fsp3) is 1.00. The van der Waals surface area contributed by atoms with E-state index in [0.29, 0.717) is 0 Å². The summed E-state index contributed by atoms with van der Waals surface area (Å²) >= 11 is 0. The molecule has 0 saturated heterocycles. The topological polar surface area (TPSA) is 17.1 Å². The van der Waals surface area contributed by atoms with E-state index in [1.165, 1.54) is 0 Å². The van der Waals surface area contributed by atoms with Gasteiger partial charge >= 0.3 is 11.8 Å². The molecule has 0 heterocycles. The molecule has 0 aromatic rings. The van der Waals surface area contributed by atoms with E-state index in [0.717, 1.165) is 13.8 Å². The van der Waals surface area contributed by atoms with E-state index in [1.807, 2.05) is 0 Å². The first-order chi connectivity index (χ1) is 5.10. The molecule has 0 aliphatic heterocycles. The van der Waals surface area contributed by atoms with Crippen molar-refractivity contribution in [3.8, 4) is 0 Å². The Morgan fingerprint density at radius 2 is 1.42 bits per heavy atom. The molecule has 1 unspecified atom stereocenters.